The van der Waals surface area contributed by atoms with E-state index in [0.717, 1.165) is 6.42 Å². The second-order valence-corrected chi connectivity index (χ2v) is 13.4. The summed E-state index contributed by atoms with van der Waals surface area (Å²) in [4.78, 5) is 0. The molecule has 4 aromatic carbocycles. The van der Waals surface area contributed by atoms with Crippen molar-refractivity contribution < 1.29 is 20.8 Å². The van der Waals surface area contributed by atoms with E-state index < -0.39 is 20.8 Å². The molecule has 3 heteroatoms. The number of hydrogen-bond acceptors (Lipinski definition) is 0. The second-order valence-electron chi connectivity index (χ2n) is 9.69. The fourth-order valence-electron chi connectivity index (χ4n) is 4.42. The zero-order valence-electron chi connectivity index (χ0n) is 19.5. The molecule has 0 aliphatic carbocycles. The van der Waals surface area contributed by atoms with Gasteiger partial charge in [-0.05, 0) is 34.4 Å². The van der Waals surface area contributed by atoms with Crippen LogP contribution in [0.5, 0.6) is 0 Å². The van der Waals surface area contributed by atoms with Gasteiger partial charge in [0.05, 0.1) is 0 Å². The van der Waals surface area contributed by atoms with Gasteiger partial charge in [-0.15, -0.1) is 34.5 Å². The molecule has 166 valence electrons. The topological polar surface area (TPSA) is 0 Å². The molecule has 0 aromatic heterocycles. The molecule has 0 spiro atoms. The molecule has 32 heavy (non-hydrogen) atoms. The normalized spacial score (nSPS) is 11.4. The van der Waals surface area contributed by atoms with Crippen LogP contribution in [0.1, 0.15) is 45.7 Å². The SMILES string of the molecule is CC(C)Cc1cc2c(-c3ccccc3-c3ccccc3)c(C(C)(C)C)ccc2[cH-]1.[Cl][Zr][Cl]. The van der Waals surface area contributed by atoms with Crippen molar-refractivity contribution in [1.29, 1.82) is 0 Å². The van der Waals surface area contributed by atoms with Crippen LogP contribution in [-0.4, -0.2) is 0 Å². The first kappa shape index (κ1) is 25.4. The van der Waals surface area contributed by atoms with Crippen LogP contribution in [0.3, 0.4) is 0 Å². The Balaban J connectivity index is 0.000000913. The quantitative estimate of drug-likeness (QED) is 0.226. The van der Waals surface area contributed by atoms with Gasteiger partial charge in [-0.25, -0.2) is 0 Å². The molecule has 0 saturated carbocycles. The van der Waals surface area contributed by atoms with Crippen LogP contribution < -0.4 is 0 Å². The van der Waals surface area contributed by atoms with Crippen LogP contribution in [0.25, 0.3) is 33.0 Å². The Morgan fingerprint density at radius 1 is 0.844 bits per heavy atom. The van der Waals surface area contributed by atoms with Crippen LogP contribution >= 0.6 is 17.0 Å². The van der Waals surface area contributed by atoms with Gasteiger partial charge >= 0.3 is 37.9 Å². The molecule has 0 bridgehead atoms. The number of benzene rings is 3. The maximum absolute atomic E-state index is 4.93. The van der Waals surface area contributed by atoms with E-state index in [1.54, 1.807) is 0 Å². The van der Waals surface area contributed by atoms with Crippen LogP contribution in [0.2, 0.25) is 0 Å². The Morgan fingerprint density at radius 3 is 2.03 bits per heavy atom. The molecule has 0 amide bonds. The van der Waals surface area contributed by atoms with Crippen LogP contribution in [0.4, 0.5) is 0 Å². The predicted molar refractivity (Wildman–Crippen MR) is 139 cm³/mol. The zero-order valence-corrected chi connectivity index (χ0v) is 23.5. The van der Waals surface area contributed by atoms with Crippen molar-refractivity contribution in [3.8, 4) is 22.3 Å². The molecule has 0 heterocycles. The third-order valence-electron chi connectivity index (χ3n) is 5.68. The zero-order chi connectivity index (χ0) is 23.3. The molecular weight excluding hydrogens is 510 g/mol. The molecular formula is C29H31Cl2Zr-. The van der Waals surface area contributed by atoms with Gasteiger partial charge in [0.25, 0.3) is 0 Å². The van der Waals surface area contributed by atoms with Gasteiger partial charge in [0.2, 0.25) is 0 Å². The van der Waals surface area contributed by atoms with E-state index in [1.165, 1.54) is 44.2 Å². The first-order valence-corrected chi connectivity index (χ1v) is 17.4. The van der Waals surface area contributed by atoms with Crippen molar-refractivity contribution in [2.45, 2.75) is 46.5 Å². The minimum absolute atomic E-state index is 0.0722. The van der Waals surface area contributed by atoms with Crippen molar-refractivity contribution in [2.75, 3.05) is 0 Å². The van der Waals surface area contributed by atoms with Gasteiger partial charge in [-0.1, -0.05) is 100 Å². The van der Waals surface area contributed by atoms with E-state index in [9.17, 15) is 0 Å². The van der Waals surface area contributed by atoms with Crippen LogP contribution in [-0.2, 0) is 32.7 Å². The molecule has 0 atom stereocenters. The molecule has 0 aliphatic rings. The minimum atomic E-state index is -0.826. The van der Waals surface area contributed by atoms with Crippen LogP contribution in [0.15, 0.2) is 78.9 Å². The molecule has 0 nitrogen and oxygen atoms in total. The summed E-state index contributed by atoms with van der Waals surface area (Å²) >= 11 is -0.826. The Bertz CT molecular complexity index is 1150. The summed E-state index contributed by atoms with van der Waals surface area (Å²) in [7, 11) is 9.87. The summed E-state index contributed by atoms with van der Waals surface area (Å²) in [6, 6.07) is 29.1. The third-order valence-corrected chi connectivity index (χ3v) is 5.68. The summed E-state index contributed by atoms with van der Waals surface area (Å²) in [6.07, 6.45) is 1.12. The monoisotopic (exact) mass is 539 g/mol. The first-order chi connectivity index (χ1) is 15.3. The average Bonchev–Trinajstić information content (AvgIpc) is 3.15. The standard InChI is InChI=1S/C29H31.2ClH.Zr/c1-20(2)17-21-18-23-15-16-27(29(3,4)5)28(26(23)19-21)25-14-10-9-13-24(25)22-11-7-6-8-12-22;;;/h6-16,18-20H,17H2,1-5H3;2*1H;/q-1;;;+2/p-2. The summed E-state index contributed by atoms with van der Waals surface area (Å²) in [5.41, 5.74) is 8.23. The van der Waals surface area contributed by atoms with Crippen molar-refractivity contribution in [2.24, 2.45) is 5.92 Å². The molecule has 0 aliphatic heterocycles. The van der Waals surface area contributed by atoms with Gasteiger partial charge in [-0.2, -0.15) is 6.07 Å². The van der Waals surface area contributed by atoms with E-state index in [4.69, 9.17) is 17.0 Å². The van der Waals surface area contributed by atoms with Crippen molar-refractivity contribution in [3.05, 3.63) is 90.0 Å². The van der Waals surface area contributed by atoms with Gasteiger partial charge in [0.1, 0.15) is 0 Å². The van der Waals surface area contributed by atoms with Crippen molar-refractivity contribution in [3.63, 3.8) is 0 Å². The van der Waals surface area contributed by atoms with Gasteiger partial charge < -0.3 is 0 Å². The fourth-order valence-corrected chi connectivity index (χ4v) is 4.42. The Morgan fingerprint density at radius 2 is 1.44 bits per heavy atom. The first-order valence-electron chi connectivity index (χ1n) is 11.1. The summed E-state index contributed by atoms with van der Waals surface area (Å²) in [5.74, 6) is 0.661. The van der Waals surface area contributed by atoms with E-state index >= 15 is 0 Å². The molecule has 0 saturated heterocycles. The molecule has 4 rings (SSSR count). The fraction of sp³-hybridized carbons (Fsp3) is 0.276. The summed E-state index contributed by atoms with van der Waals surface area (Å²) in [5, 5.41) is 2.74. The van der Waals surface area contributed by atoms with E-state index in [1.807, 2.05) is 0 Å². The molecule has 0 radical (unpaired) electrons. The van der Waals surface area contributed by atoms with Gasteiger partial charge in [0, 0.05) is 0 Å². The summed E-state index contributed by atoms with van der Waals surface area (Å²) in [6.45, 7) is 11.6. The summed E-state index contributed by atoms with van der Waals surface area (Å²) < 4.78 is 0. The number of fused-ring (bicyclic) bond motifs is 1. The van der Waals surface area contributed by atoms with Crippen molar-refractivity contribution in [1.82, 2.24) is 0 Å². The molecule has 0 unspecified atom stereocenters. The van der Waals surface area contributed by atoms with E-state index in [0.29, 0.717) is 5.92 Å². The molecule has 0 N–H and O–H groups in total. The Kier molecular flexibility index (Phi) is 8.91. The Hall–Kier alpha value is -1.27. The number of rotatable bonds is 4. The molecule has 4 aromatic rings. The predicted octanol–water partition coefficient (Wildman–Crippen LogP) is 9.77. The second kappa shape index (κ2) is 11.2. The van der Waals surface area contributed by atoms with E-state index in [-0.39, 0.29) is 5.41 Å². The average molecular weight is 542 g/mol. The number of hydrogen-bond donors (Lipinski definition) is 0. The van der Waals surface area contributed by atoms with Gasteiger partial charge in [-0.3, -0.25) is 0 Å². The van der Waals surface area contributed by atoms with Gasteiger partial charge in [0.15, 0.2) is 0 Å². The van der Waals surface area contributed by atoms with Crippen LogP contribution in [0, 0.1) is 5.92 Å². The maximum atomic E-state index is 4.93. The van der Waals surface area contributed by atoms with Crippen molar-refractivity contribution >= 4 is 27.8 Å². The molecule has 0 fully saturated rings. The Labute approximate surface area is 212 Å². The third kappa shape index (κ3) is 5.99. The number of halogens is 2. The van der Waals surface area contributed by atoms with E-state index in [2.05, 4.69) is 113 Å².